The van der Waals surface area contributed by atoms with Crippen molar-refractivity contribution in [2.75, 3.05) is 32.8 Å². The summed E-state index contributed by atoms with van der Waals surface area (Å²) in [7, 11) is 0. The van der Waals surface area contributed by atoms with Gasteiger partial charge in [-0.1, -0.05) is 6.07 Å². The van der Waals surface area contributed by atoms with Gasteiger partial charge in [0.1, 0.15) is 0 Å². The van der Waals surface area contributed by atoms with E-state index in [1.165, 1.54) is 10.1 Å². The molecule has 0 atom stereocenters. The van der Waals surface area contributed by atoms with Crippen LogP contribution in [0.2, 0.25) is 0 Å². The molecule has 1 N–H and O–H groups in total. The van der Waals surface area contributed by atoms with Crippen LogP contribution in [0, 0.1) is 0 Å². The van der Waals surface area contributed by atoms with E-state index in [9.17, 15) is 4.79 Å². The third kappa shape index (κ3) is 3.36. The molecule has 1 aromatic heterocycles. The Bertz CT molecular complexity index is 590. The first-order valence-corrected chi connectivity index (χ1v) is 7.72. The number of thiophene rings is 1. The molecule has 106 valence electrons. The number of hydrogen-bond donors (Lipinski definition) is 1. The van der Waals surface area contributed by atoms with Crippen LogP contribution in [0.5, 0.6) is 0 Å². The van der Waals surface area contributed by atoms with Gasteiger partial charge in [-0.15, -0.1) is 11.3 Å². The molecule has 1 aliphatic heterocycles. The van der Waals surface area contributed by atoms with E-state index in [-0.39, 0.29) is 5.91 Å². The quantitative estimate of drug-likeness (QED) is 0.934. The Kier molecular flexibility index (Phi) is 4.30. The Morgan fingerprint density at radius 2 is 2.15 bits per heavy atom. The summed E-state index contributed by atoms with van der Waals surface area (Å²) >= 11 is 1.74. The van der Waals surface area contributed by atoms with Crippen molar-refractivity contribution < 1.29 is 9.53 Å². The monoisotopic (exact) mass is 290 g/mol. The van der Waals surface area contributed by atoms with Gasteiger partial charge in [0.25, 0.3) is 0 Å². The van der Waals surface area contributed by atoms with E-state index in [1.807, 2.05) is 0 Å². The molecule has 0 saturated carbocycles. The molecule has 2 heterocycles. The van der Waals surface area contributed by atoms with E-state index >= 15 is 0 Å². The Morgan fingerprint density at radius 3 is 3.00 bits per heavy atom. The number of rotatable bonds is 4. The summed E-state index contributed by atoms with van der Waals surface area (Å²) < 4.78 is 6.56. The van der Waals surface area contributed by atoms with Gasteiger partial charge in [0, 0.05) is 24.3 Å². The normalized spacial score (nSPS) is 16.4. The fourth-order valence-corrected chi connectivity index (χ4v) is 3.12. The number of morpholine rings is 1. The molecule has 5 heteroatoms. The van der Waals surface area contributed by atoms with Gasteiger partial charge in [0.15, 0.2) is 0 Å². The number of nitrogens with one attached hydrogen (secondary N) is 1. The molecule has 0 aliphatic carbocycles. The lowest BCUT2D eigenvalue weighted by Gasteiger charge is -2.25. The Balaban J connectivity index is 1.51. The number of hydrogen-bond acceptors (Lipinski definition) is 4. The average Bonchev–Trinajstić information content (AvgIpc) is 2.93. The second-order valence-corrected chi connectivity index (χ2v) is 5.91. The van der Waals surface area contributed by atoms with Gasteiger partial charge in [-0.2, -0.15) is 0 Å². The van der Waals surface area contributed by atoms with Crippen molar-refractivity contribution in [3.63, 3.8) is 0 Å². The Labute approximate surface area is 122 Å². The third-order valence-corrected chi connectivity index (χ3v) is 4.38. The van der Waals surface area contributed by atoms with Crippen LogP contribution in [-0.2, 0) is 16.1 Å². The zero-order valence-electron chi connectivity index (χ0n) is 11.3. The highest BCUT2D eigenvalue weighted by Gasteiger charge is 2.13. The summed E-state index contributed by atoms with van der Waals surface area (Å²) in [6, 6.07) is 8.44. The molecule has 1 fully saturated rings. The van der Waals surface area contributed by atoms with Crippen LogP contribution in [0.25, 0.3) is 10.1 Å². The van der Waals surface area contributed by atoms with E-state index in [0.29, 0.717) is 13.1 Å². The first kappa shape index (κ1) is 13.5. The van der Waals surface area contributed by atoms with Crippen LogP contribution in [-0.4, -0.2) is 43.7 Å². The summed E-state index contributed by atoms with van der Waals surface area (Å²) in [6.45, 7) is 4.19. The highest BCUT2D eigenvalue weighted by atomic mass is 32.1. The predicted molar refractivity (Wildman–Crippen MR) is 80.9 cm³/mol. The van der Waals surface area contributed by atoms with Crippen molar-refractivity contribution >= 4 is 27.3 Å². The predicted octanol–water partition coefficient (Wildman–Crippen LogP) is 1.85. The second-order valence-electron chi connectivity index (χ2n) is 4.96. The summed E-state index contributed by atoms with van der Waals surface area (Å²) in [5.74, 6) is 0.0808. The third-order valence-electron chi connectivity index (χ3n) is 3.48. The minimum atomic E-state index is 0.0808. The lowest BCUT2D eigenvalue weighted by atomic mass is 10.1. The molecular formula is C15H18N2O2S. The van der Waals surface area contributed by atoms with Crippen molar-refractivity contribution in [2.24, 2.45) is 0 Å². The highest BCUT2D eigenvalue weighted by molar-refractivity contribution is 7.17. The molecule has 1 amide bonds. The van der Waals surface area contributed by atoms with Crippen molar-refractivity contribution in [3.05, 3.63) is 35.2 Å². The van der Waals surface area contributed by atoms with Crippen molar-refractivity contribution in [1.82, 2.24) is 10.2 Å². The SMILES string of the molecule is O=C(CN1CCOCC1)NCc1ccc2sccc2c1. The summed E-state index contributed by atoms with van der Waals surface area (Å²) in [5, 5.41) is 6.32. The van der Waals surface area contributed by atoms with Gasteiger partial charge in [-0.05, 0) is 34.5 Å². The van der Waals surface area contributed by atoms with Gasteiger partial charge >= 0.3 is 0 Å². The fourth-order valence-electron chi connectivity index (χ4n) is 2.35. The fraction of sp³-hybridized carbons (Fsp3) is 0.400. The lowest BCUT2D eigenvalue weighted by Crippen LogP contribution is -2.43. The van der Waals surface area contributed by atoms with E-state index in [2.05, 4.69) is 39.9 Å². The maximum atomic E-state index is 11.9. The zero-order chi connectivity index (χ0) is 13.8. The molecule has 1 aromatic carbocycles. The molecule has 0 spiro atoms. The lowest BCUT2D eigenvalue weighted by molar-refractivity contribution is -0.123. The minimum absolute atomic E-state index is 0.0808. The maximum absolute atomic E-state index is 11.9. The molecule has 1 saturated heterocycles. The minimum Gasteiger partial charge on any atom is -0.379 e. The number of amides is 1. The van der Waals surface area contributed by atoms with Gasteiger partial charge < -0.3 is 10.1 Å². The van der Waals surface area contributed by atoms with Crippen LogP contribution < -0.4 is 5.32 Å². The molecule has 1 aliphatic rings. The molecule has 0 unspecified atom stereocenters. The molecule has 0 radical (unpaired) electrons. The van der Waals surface area contributed by atoms with E-state index < -0.39 is 0 Å². The molecular weight excluding hydrogens is 272 g/mol. The van der Waals surface area contributed by atoms with Crippen molar-refractivity contribution in [3.8, 4) is 0 Å². The first-order valence-electron chi connectivity index (χ1n) is 6.84. The Hall–Kier alpha value is -1.43. The smallest absolute Gasteiger partial charge is 0.234 e. The molecule has 4 nitrogen and oxygen atoms in total. The molecule has 0 bridgehead atoms. The highest BCUT2D eigenvalue weighted by Crippen LogP contribution is 2.21. The molecule has 3 rings (SSSR count). The largest absolute Gasteiger partial charge is 0.379 e. The average molecular weight is 290 g/mol. The number of fused-ring (bicyclic) bond motifs is 1. The summed E-state index contributed by atoms with van der Waals surface area (Å²) in [6.07, 6.45) is 0. The standard InChI is InChI=1S/C15H18N2O2S/c18-15(11-17-4-6-19-7-5-17)16-10-12-1-2-14-13(9-12)3-8-20-14/h1-3,8-9H,4-7,10-11H2,(H,16,18). The van der Waals surface area contributed by atoms with Gasteiger partial charge in [0.2, 0.25) is 5.91 Å². The van der Waals surface area contributed by atoms with Gasteiger partial charge in [-0.25, -0.2) is 0 Å². The van der Waals surface area contributed by atoms with Crippen molar-refractivity contribution in [2.45, 2.75) is 6.54 Å². The molecule has 2 aromatic rings. The number of carbonyl (C=O) groups excluding carboxylic acids is 1. The van der Waals surface area contributed by atoms with Crippen LogP contribution in [0.4, 0.5) is 0 Å². The number of ether oxygens (including phenoxy) is 1. The zero-order valence-corrected chi connectivity index (χ0v) is 12.1. The number of benzene rings is 1. The Morgan fingerprint density at radius 1 is 1.30 bits per heavy atom. The maximum Gasteiger partial charge on any atom is 0.234 e. The number of carbonyl (C=O) groups is 1. The molecule has 20 heavy (non-hydrogen) atoms. The van der Waals surface area contributed by atoms with Gasteiger partial charge in [0.05, 0.1) is 19.8 Å². The van der Waals surface area contributed by atoms with Crippen LogP contribution >= 0.6 is 11.3 Å². The summed E-state index contributed by atoms with van der Waals surface area (Å²) in [5.41, 5.74) is 1.14. The van der Waals surface area contributed by atoms with Crippen LogP contribution in [0.15, 0.2) is 29.6 Å². The first-order chi connectivity index (χ1) is 9.81. The van der Waals surface area contributed by atoms with E-state index in [1.54, 1.807) is 11.3 Å². The topological polar surface area (TPSA) is 41.6 Å². The second kappa shape index (κ2) is 6.35. The van der Waals surface area contributed by atoms with E-state index in [4.69, 9.17) is 4.74 Å². The van der Waals surface area contributed by atoms with E-state index in [0.717, 1.165) is 31.9 Å². The van der Waals surface area contributed by atoms with Crippen molar-refractivity contribution in [1.29, 1.82) is 0 Å². The van der Waals surface area contributed by atoms with Crippen LogP contribution in [0.1, 0.15) is 5.56 Å². The summed E-state index contributed by atoms with van der Waals surface area (Å²) in [4.78, 5) is 14.0. The number of nitrogens with zero attached hydrogens (tertiary/aromatic N) is 1. The van der Waals surface area contributed by atoms with Crippen LogP contribution in [0.3, 0.4) is 0 Å². The van der Waals surface area contributed by atoms with Gasteiger partial charge in [-0.3, -0.25) is 9.69 Å².